The molecule has 2 rings (SSSR count). The van der Waals surface area contributed by atoms with Crippen molar-refractivity contribution in [3.63, 3.8) is 0 Å². The van der Waals surface area contributed by atoms with Gasteiger partial charge in [-0.15, -0.1) is 0 Å². The van der Waals surface area contributed by atoms with Crippen molar-refractivity contribution in [1.82, 2.24) is 4.90 Å². The van der Waals surface area contributed by atoms with E-state index in [4.69, 9.17) is 15.2 Å². The summed E-state index contributed by atoms with van der Waals surface area (Å²) in [4.78, 5) is 14.1. The van der Waals surface area contributed by atoms with E-state index < -0.39 is 5.54 Å². The van der Waals surface area contributed by atoms with Crippen LogP contribution in [0, 0.1) is 0 Å². The van der Waals surface area contributed by atoms with Crippen LogP contribution in [0.5, 0.6) is 0 Å². The lowest BCUT2D eigenvalue weighted by atomic mass is 9.89. The summed E-state index contributed by atoms with van der Waals surface area (Å²) in [6, 6.07) is 0.569. The van der Waals surface area contributed by atoms with Gasteiger partial charge in [0, 0.05) is 12.6 Å². The molecule has 3 atom stereocenters. The molecule has 1 saturated carbocycles. The van der Waals surface area contributed by atoms with Crippen molar-refractivity contribution in [1.29, 1.82) is 0 Å². The molecule has 1 aliphatic heterocycles. The Hall–Kier alpha value is -0.650. The Morgan fingerprint density at radius 1 is 1.45 bits per heavy atom. The second kappa shape index (κ2) is 6.87. The minimum absolute atomic E-state index is 0.324. The van der Waals surface area contributed by atoms with Crippen molar-refractivity contribution in [2.45, 2.75) is 63.1 Å². The SMILES string of the molecule is COC(=O)C(C)(N)CCCN1CCOC2CCCCC21. The maximum absolute atomic E-state index is 11.6. The van der Waals surface area contributed by atoms with E-state index in [2.05, 4.69) is 4.90 Å². The summed E-state index contributed by atoms with van der Waals surface area (Å²) in [6.07, 6.45) is 7.03. The number of ether oxygens (including phenoxy) is 2. The molecule has 5 nitrogen and oxygen atoms in total. The molecule has 1 saturated heterocycles. The van der Waals surface area contributed by atoms with Crippen LogP contribution in [0.15, 0.2) is 0 Å². The van der Waals surface area contributed by atoms with Gasteiger partial charge < -0.3 is 15.2 Å². The van der Waals surface area contributed by atoms with E-state index in [1.54, 1.807) is 6.92 Å². The van der Waals surface area contributed by atoms with Crippen molar-refractivity contribution in [2.75, 3.05) is 26.8 Å². The zero-order chi connectivity index (χ0) is 14.6. The number of nitrogens with zero attached hydrogens (tertiary/aromatic N) is 1. The van der Waals surface area contributed by atoms with E-state index >= 15 is 0 Å². The van der Waals surface area contributed by atoms with Gasteiger partial charge >= 0.3 is 5.97 Å². The Balaban J connectivity index is 1.79. The number of fused-ring (bicyclic) bond motifs is 1. The highest BCUT2D eigenvalue weighted by atomic mass is 16.5. The standard InChI is InChI=1S/C15H28N2O3/c1-15(16,14(18)19-2)8-5-9-17-10-11-20-13-7-4-3-6-12(13)17/h12-13H,3-11,16H2,1-2H3. The Morgan fingerprint density at radius 3 is 2.95 bits per heavy atom. The Bertz CT molecular complexity index is 331. The van der Waals surface area contributed by atoms with E-state index in [1.165, 1.54) is 32.8 Å². The fourth-order valence-electron chi connectivity index (χ4n) is 3.44. The van der Waals surface area contributed by atoms with Crippen LogP contribution in [0.3, 0.4) is 0 Å². The van der Waals surface area contributed by atoms with Gasteiger partial charge in [-0.05, 0) is 39.2 Å². The number of esters is 1. The lowest BCUT2D eigenvalue weighted by Gasteiger charge is -2.44. The number of hydrogen-bond acceptors (Lipinski definition) is 5. The molecule has 0 aromatic carbocycles. The number of carbonyl (C=O) groups is 1. The summed E-state index contributed by atoms with van der Waals surface area (Å²) in [6.45, 7) is 4.58. The first kappa shape index (κ1) is 15.7. The van der Waals surface area contributed by atoms with Crippen molar-refractivity contribution in [2.24, 2.45) is 5.73 Å². The Morgan fingerprint density at radius 2 is 2.20 bits per heavy atom. The Kier molecular flexibility index (Phi) is 5.41. The van der Waals surface area contributed by atoms with Crippen LogP contribution in [0.25, 0.3) is 0 Å². The van der Waals surface area contributed by atoms with Gasteiger partial charge in [-0.2, -0.15) is 0 Å². The van der Waals surface area contributed by atoms with Gasteiger partial charge in [0.2, 0.25) is 0 Å². The van der Waals surface area contributed by atoms with Gasteiger partial charge in [-0.3, -0.25) is 9.69 Å². The number of morpholine rings is 1. The molecule has 0 amide bonds. The maximum atomic E-state index is 11.6. The molecule has 0 radical (unpaired) electrons. The van der Waals surface area contributed by atoms with Gasteiger partial charge in [0.15, 0.2) is 0 Å². The van der Waals surface area contributed by atoms with Crippen molar-refractivity contribution < 1.29 is 14.3 Å². The fraction of sp³-hybridized carbons (Fsp3) is 0.933. The number of rotatable bonds is 5. The normalized spacial score (nSPS) is 30.4. The minimum atomic E-state index is -0.868. The molecule has 1 heterocycles. The molecular weight excluding hydrogens is 256 g/mol. The van der Waals surface area contributed by atoms with E-state index in [-0.39, 0.29) is 5.97 Å². The summed E-state index contributed by atoms with van der Waals surface area (Å²) < 4.78 is 10.6. The first-order chi connectivity index (χ1) is 9.54. The molecule has 3 unspecified atom stereocenters. The van der Waals surface area contributed by atoms with Crippen LogP contribution in [-0.2, 0) is 14.3 Å². The molecule has 0 aromatic rings. The zero-order valence-corrected chi connectivity index (χ0v) is 12.8. The van der Waals surface area contributed by atoms with Gasteiger partial charge in [0.25, 0.3) is 0 Å². The summed E-state index contributed by atoms with van der Waals surface area (Å²) in [5, 5.41) is 0. The quantitative estimate of drug-likeness (QED) is 0.771. The zero-order valence-electron chi connectivity index (χ0n) is 12.8. The van der Waals surface area contributed by atoms with E-state index in [0.717, 1.165) is 26.1 Å². The average molecular weight is 284 g/mol. The molecule has 1 aliphatic carbocycles. The van der Waals surface area contributed by atoms with Gasteiger partial charge in [0.1, 0.15) is 5.54 Å². The largest absolute Gasteiger partial charge is 0.468 e. The smallest absolute Gasteiger partial charge is 0.325 e. The number of carbonyl (C=O) groups excluding carboxylic acids is 1. The predicted octanol–water partition coefficient (Wildman–Crippen LogP) is 1.30. The van der Waals surface area contributed by atoms with Crippen LogP contribution in [-0.4, -0.2) is 55.4 Å². The van der Waals surface area contributed by atoms with Gasteiger partial charge in [0.05, 0.1) is 19.8 Å². The maximum Gasteiger partial charge on any atom is 0.325 e. The number of nitrogens with two attached hydrogens (primary N) is 1. The third-order valence-corrected chi connectivity index (χ3v) is 4.64. The minimum Gasteiger partial charge on any atom is -0.468 e. The van der Waals surface area contributed by atoms with E-state index in [9.17, 15) is 4.79 Å². The number of methoxy groups -OCH3 is 1. The van der Waals surface area contributed by atoms with Crippen LogP contribution < -0.4 is 5.73 Å². The second-order valence-corrected chi connectivity index (χ2v) is 6.31. The molecule has 20 heavy (non-hydrogen) atoms. The summed E-state index contributed by atoms with van der Waals surface area (Å²) in [5.41, 5.74) is 5.13. The third-order valence-electron chi connectivity index (χ3n) is 4.64. The molecule has 2 fully saturated rings. The highest BCUT2D eigenvalue weighted by molar-refractivity contribution is 5.79. The first-order valence-electron chi connectivity index (χ1n) is 7.77. The molecule has 2 aliphatic rings. The molecule has 2 N–H and O–H groups in total. The highest BCUT2D eigenvalue weighted by Crippen LogP contribution is 2.28. The molecule has 0 aromatic heterocycles. The van der Waals surface area contributed by atoms with Gasteiger partial charge in [-0.25, -0.2) is 0 Å². The van der Waals surface area contributed by atoms with Crippen LogP contribution in [0.4, 0.5) is 0 Å². The van der Waals surface area contributed by atoms with Crippen molar-refractivity contribution in [3.05, 3.63) is 0 Å². The number of hydrogen-bond donors (Lipinski definition) is 1. The van der Waals surface area contributed by atoms with Crippen molar-refractivity contribution >= 4 is 5.97 Å². The Labute approximate surface area is 121 Å². The summed E-state index contributed by atoms with van der Waals surface area (Å²) >= 11 is 0. The van der Waals surface area contributed by atoms with Crippen molar-refractivity contribution in [3.8, 4) is 0 Å². The predicted molar refractivity (Wildman–Crippen MR) is 77.4 cm³/mol. The van der Waals surface area contributed by atoms with Crippen LogP contribution >= 0.6 is 0 Å². The van der Waals surface area contributed by atoms with E-state index in [1.807, 2.05) is 0 Å². The molecule has 116 valence electrons. The molecule has 0 spiro atoms. The highest BCUT2D eigenvalue weighted by Gasteiger charge is 2.34. The molecular formula is C15H28N2O3. The summed E-state index contributed by atoms with van der Waals surface area (Å²) in [5.74, 6) is -0.324. The average Bonchev–Trinajstić information content (AvgIpc) is 2.46. The second-order valence-electron chi connectivity index (χ2n) is 6.31. The van der Waals surface area contributed by atoms with Crippen LogP contribution in [0.1, 0.15) is 45.4 Å². The fourth-order valence-corrected chi connectivity index (χ4v) is 3.44. The first-order valence-corrected chi connectivity index (χ1v) is 7.77. The lowest BCUT2D eigenvalue weighted by molar-refractivity contribution is -0.146. The monoisotopic (exact) mass is 284 g/mol. The van der Waals surface area contributed by atoms with Gasteiger partial charge in [-0.1, -0.05) is 12.8 Å². The topological polar surface area (TPSA) is 64.8 Å². The molecule has 5 heteroatoms. The van der Waals surface area contributed by atoms with Crippen LogP contribution in [0.2, 0.25) is 0 Å². The summed E-state index contributed by atoms with van der Waals surface area (Å²) in [7, 11) is 1.39. The lowest BCUT2D eigenvalue weighted by Crippen LogP contribution is -2.53. The third kappa shape index (κ3) is 3.71. The molecule has 0 bridgehead atoms. The van der Waals surface area contributed by atoms with E-state index in [0.29, 0.717) is 18.6 Å².